The smallest absolute Gasteiger partial charge is 0.140 e. The second-order valence-corrected chi connectivity index (χ2v) is 11.2. The molecule has 0 saturated heterocycles. The van der Waals surface area contributed by atoms with Gasteiger partial charge in [0.2, 0.25) is 0 Å². The Labute approximate surface area is 187 Å². The minimum absolute atomic E-state index is 0.0704. The van der Waals surface area contributed by atoms with Crippen molar-refractivity contribution in [2.75, 3.05) is 0 Å². The maximum atomic E-state index is 12.9. The molecular weight excluding hydrogens is 471 g/mol. The highest BCUT2D eigenvalue weighted by atomic mass is 127. The fourth-order valence-electron chi connectivity index (χ4n) is 6.28. The van der Waals surface area contributed by atoms with Crippen molar-refractivity contribution in [2.24, 2.45) is 17.3 Å². The van der Waals surface area contributed by atoms with Gasteiger partial charge in [-0.3, -0.25) is 4.79 Å². The van der Waals surface area contributed by atoms with Crippen LogP contribution in [-0.4, -0.2) is 9.71 Å². The molecule has 2 aromatic carbocycles. The Morgan fingerprint density at radius 3 is 2.79 bits per heavy atom. The van der Waals surface area contributed by atoms with E-state index in [4.69, 9.17) is 4.74 Å². The van der Waals surface area contributed by atoms with Crippen LogP contribution in [0.15, 0.2) is 48.5 Å². The van der Waals surface area contributed by atoms with E-state index in [1.807, 2.05) is 6.07 Å². The van der Waals surface area contributed by atoms with Crippen LogP contribution in [0.5, 0.6) is 5.75 Å². The maximum absolute atomic E-state index is 12.9. The van der Waals surface area contributed by atoms with E-state index in [9.17, 15) is 4.79 Å². The zero-order chi connectivity index (χ0) is 20.0. The molecule has 0 aromatic heterocycles. The van der Waals surface area contributed by atoms with Crippen LogP contribution in [0, 0.1) is 17.3 Å². The van der Waals surface area contributed by atoms with Crippen molar-refractivity contribution in [2.45, 2.75) is 61.9 Å². The number of hydrogen-bond donors (Lipinski definition) is 0. The predicted octanol–water partition coefficient (Wildman–Crippen LogP) is 6.49. The number of benzene rings is 2. The molecule has 0 spiro atoms. The van der Waals surface area contributed by atoms with Gasteiger partial charge in [-0.25, -0.2) is 0 Å². The molecule has 0 radical (unpaired) electrons. The van der Waals surface area contributed by atoms with Gasteiger partial charge < -0.3 is 4.74 Å². The summed E-state index contributed by atoms with van der Waals surface area (Å²) in [6.07, 6.45) is 6.56. The molecule has 3 heteroatoms. The Bertz CT molecular complexity index is 908. The average molecular weight is 500 g/mol. The lowest BCUT2D eigenvalue weighted by molar-refractivity contribution is -0.139. The number of alkyl halides is 1. The number of ether oxygens (including phenoxy) is 1. The van der Waals surface area contributed by atoms with Crippen LogP contribution in [-0.2, 0) is 17.8 Å². The van der Waals surface area contributed by atoms with E-state index in [-0.39, 0.29) is 5.41 Å². The number of rotatable bonds is 3. The third-order valence-corrected chi connectivity index (χ3v) is 8.84. The summed E-state index contributed by atoms with van der Waals surface area (Å²) in [5.41, 5.74) is 4.12. The highest BCUT2D eigenvalue weighted by Crippen LogP contribution is 2.59. The minimum atomic E-state index is -0.0704. The largest absolute Gasteiger partial charge is 0.489 e. The molecule has 0 N–H and O–H groups in total. The third-order valence-electron chi connectivity index (χ3n) is 7.89. The SMILES string of the molecule is C[C@]12CC[C@@H]3c4ccc(OCc5ccccc5)cc4CC[C@H]3[C@@H]1C[C@H](I)CC2=O. The van der Waals surface area contributed by atoms with Gasteiger partial charge in [-0.05, 0) is 78.7 Å². The Balaban J connectivity index is 1.36. The first kappa shape index (κ1) is 19.6. The van der Waals surface area contributed by atoms with Crippen LogP contribution in [0.1, 0.15) is 61.6 Å². The zero-order valence-electron chi connectivity index (χ0n) is 17.1. The minimum Gasteiger partial charge on any atom is -0.489 e. The molecule has 2 saturated carbocycles. The first-order valence-electron chi connectivity index (χ1n) is 11.0. The molecule has 0 aliphatic heterocycles. The molecular formula is C26H29IO2. The molecule has 0 heterocycles. The fraction of sp³-hybridized carbons (Fsp3) is 0.500. The standard InChI is InChI=1S/C26H29IO2/c1-26-12-11-22-21-10-8-20(29-16-17-5-3-2-4-6-17)13-18(21)7-9-23(22)24(26)14-19(27)15-25(26)28/h2-6,8,10,13,19,22-24H,7,9,11-12,14-16H2,1H3/t19-,22+,23+,24-,26-/m0/s1. The molecule has 5 rings (SSSR count). The number of carbonyl (C=O) groups is 1. The summed E-state index contributed by atoms with van der Waals surface area (Å²) >= 11 is 2.51. The molecule has 29 heavy (non-hydrogen) atoms. The average Bonchev–Trinajstić information content (AvgIpc) is 2.73. The number of halogens is 1. The second kappa shape index (κ2) is 7.72. The number of fused-ring (bicyclic) bond motifs is 5. The molecule has 5 atom stereocenters. The van der Waals surface area contributed by atoms with Gasteiger partial charge in [0.15, 0.2) is 0 Å². The quantitative estimate of drug-likeness (QED) is 0.356. The van der Waals surface area contributed by atoms with Gasteiger partial charge in [0.05, 0.1) is 0 Å². The van der Waals surface area contributed by atoms with Crippen molar-refractivity contribution < 1.29 is 9.53 Å². The Morgan fingerprint density at radius 1 is 1.14 bits per heavy atom. The van der Waals surface area contributed by atoms with E-state index in [0.29, 0.717) is 34.1 Å². The Morgan fingerprint density at radius 2 is 1.97 bits per heavy atom. The number of carbonyl (C=O) groups excluding carboxylic acids is 1. The summed E-state index contributed by atoms with van der Waals surface area (Å²) in [4.78, 5) is 12.9. The first-order valence-corrected chi connectivity index (χ1v) is 12.3. The fourth-order valence-corrected chi connectivity index (χ4v) is 7.23. The van der Waals surface area contributed by atoms with Crippen molar-refractivity contribution in [3.8, 4) is 5.75 Å². The van der Waals surface area contributed by atoms with Gasteiger partial charge in [0.1, 0.15) is 18.1 Å². The van der Waals surface area contributed by atoms with Gasteiger partial charge in [-0.1, -0.05) is 65.9 Å². The molecule has 2 fully saturated rings. The highest BCUT2D eigenvalue weighted by molar-refractivity contribution is 14.1. The number of Topliss-reactive ketones (excluding diaryl/α,β-unsaturated/α-hetero) is 1. The topological polar surface area (TPSA) is 26.3 Å². The monoisotopic (exact) mass is 500 g/mol. The van der Waals surface area contributed by atoms with Gasteiger partial charge in [0, 0.05) is 15.8 Å². The molecule has 3 aliphatic rings. The van der Waals surface area contributed by atoms with E-state index < -0.39 is 0 Å². The lowest BCUT2D eigenvalue weighted by Gasteiger charge is -2.54. The predicted molar refractivity (Wildman–Crippen MR) is 125 cm³/mol. The van der Waals surface area contributed by atoms with E-state index in [1.54, 1.807) is 0 Å². The van der Waals surface area contributed by atoms with Gasteiger partial charge >= 0.3 is 0 Å². The van der Waals surface area contributed by atoms with Crippen molar-refractivity contribution in [1.82, 2.24) is 0 Å². The van der Waals surface area contributed by atoms with Gasteiger partial charge in [-0.2, -0.15) is 0 Å². The lowest BCUT2D eigenvalue weighted by Crippen LogP contribution is -2.51. The zero-order valence-corrected chi connectivity index (χ0v) is 19.2. The molecule has 152 valence electrons. The van der Waals surface area contributed by atoms with Crippen LogP contribution in [0.4, 0.5) is 0 Å². The van der Waals surface area contributed by atoms with E-state index in [2.05, 4.69) is 72.0 Å². The van der Waals surface area contributed by atoms with Crippen LogP contribution in [0.3, 0.4) is 0 Å². The Hall–Kier alpha value is -1.36. The Kier molecular flexibility index (Phi) is 5.21. The third kappa shape index (κ3) is 3.54. The van der Waals surface area contributed by atoms with Crippen LogP contribution in [0.25, 0.3) is 0 Å². The summed E-state index contributed by atoms with van der Waals surface area (Å²) in [7, 11) is 0. The summed E-state index contributed by atoms with van der Waals surface area (Å²) in [5.74, 6) is 3.36. The van der Waals surface area contributed by atoms with Gasteiger partial charge in [-0.15, -0.1) is 0 Å². The molecule has 0 bridgehead atoms. The summed E-state index contributed by atoms with van der Waals surface area (Å²) < 4.78 is 6.60. The molecule has 3 aliphatic carbocycles. The van der Waals surface area contributed by atoms with E-state index >= 15 is 0 Å². The van der Waals surface area contributed by atoms with Crippen LogP contribution in [0.2, 0.25) is 0 Å². The number of hydrogen-bond acceptors (Lipinski definition) is 2. The van der Waals surface area contributed by atoms with E-state index in [1.165, 1.54) is 29.5 Å². The van der Waals surface area contributed by atoms with Crippen molar-refractivity contribution in [3.63, 3.8) is 0 Å². The number of ketones is 1. The van der Waals surface area contributed by atoms with Crippen LogP contribution >= 0.6 is 22.6 Å². The van der Waals surface area contributed by atoms with Crippen molar-refractivity contribution in [3.05, 3.63) is 65.2 Å². The summed E-state index contributed by atoms with van der Waals surface area (Å²) in [6.45, 7) is 2.89. The lowest BCUT2D eigenvalue weighted by atomic mass is 9.50. The number of aryl methyl sites for hydroxylation is 1. The van der Waals surface area contributed by atoms with E-state index in [0.717, 1.165) is 31.4 Å². The highest BCUT2D eigenvalue weighted by Gasteiger charge is 2.54. The summed E-state index contributed by atoms with van der Waals surface area (Å²) in [6, 6.07) is 17.1. The van der Waals surface area contributed by atoms with Crippen molar-refractivity contribution >= 4 is 28.4 Å². The molecule has 2 nitrogen and oxygen atoms in total. The molecule has 2 aromatic rings. The molecule has 0 amide bonds. The normalized spacial score (nSPS) is 33.4. The molecule has 0 unspecified atom stereocenters. The maximum Gasteiger partial charge on any atom is 0.140 e. The second-order valence-electron chi connectivity index (χ2n) is 9.47. The van der Waals surface area contributed by atoms with Gasteiger partial charge in [0.25, 0.3) is 0 Å². The summed E-state index contributed by atoms with van der Waals surface area (Å²) in [5, 5.41) is 0. The van der Waals surface area contributed by atoms with Crippen LogP contribution < -0.4 is 4.74 Å². The van der Waals surface area contributed by atoms with Crippen molar-refractivity contribution in [1.29, 1.82) is 0 Å². The first-order chi connectivity index (χ1) is 14.0.